The maximum atomic E-state index is 5.74. The molecule has 1 fully saturated rings. The summed E-state index contributed by atoms with van der Waals surface area (Å²) in [6.45, 7) is 9.00. The lowest BCUT2D eigenvalue weighted by molar-refractivity contribution is -0.00366. The number of hydrogen-bond acceptors (Lipinski definition) is 2. The van der Waals surface area contributed by atoms with Gasteiger partial charge in [0.1, 0.15) is 0 Å². The van der Waals surface area contributed by atoms with Gasteiger partial charge in [0.25, 0.3) is 0 Å². The smallest absolute Gasteiger partial charge is 0.0519 e. The molecule has 1 saturated carbocycles. The maximum Gasteiger partial charge on any atom is 0.0519 e. The van der Waals surface area contributed by atoms with Gasteiger partial charge in [-0.2, -0.15) is 0 Å². The van der Waals surface area contributed by atoms with Gasteiger partial charge in [-0.3, -0.25) is 0 Å². The Kier molecular flexibility index (Phi) is 6.26. The Morgan fingerprint density at radius 2 is 1.67 bits per heavy atom. The summed E-state index contributed by atoms with van der Waals surface area (Å²) in [5.41, 5.74) is 0. The van der Waals surface area contributed by atoms with Crippen molar-refractivity contribution in [2.45, 2.75) is 52.6 Å². The minimum Gasteiger partial charge on any atom is -0.381 e. The quantitative estimate of drug-likeness (QED) is 0.675. The summed E-state index contributed by atoms with van der Waals surface area (Å²) in [5.74, 6) is 1.46. The largest absolute Gasteiger partial charge is 0.381 e. The SMILES string of the molecule is CCOCC1CCCCC1COC(C)C. The van der Waals surface area contributed by atoms with Crippen LogP contribution in [-0.2, 0) is 9.47 Å². The van der Waals surface area contributed by atoms with Gasteiger partial charge in [0.15, 0.2) is 0 Å². The van der Waals surface area contributed by atoms with Gasteiger partial charge in [0.05, 0.1) is 12.7 Å². The second-order valence-corrected chi connectivity index (χ2v) is 4.85. The summed E-state index contributed by atoms with van der Waals surface area (Å²) in [6, 6.07) is 0. The summed E-state index contributed by atoms with van der Waals surface area (Å²) in [5, 5.41) is 0. The van der Waals surface area contributed by atoms with Crippen LogP contribution >= 0.6 is 0 Å². The van der Waals surface area contributed by atoms with Crippen LogP contribution in [-0.4, -0.2) is 25.9 Å². The van der Waals surface area contributed by atoms with Crippen molar-refractivity contribution in [1.82, 2.24) is 0 Å². The molecule has 2 atom stereocenters. The van der Waals surface area contributed by atoms with Gasteiger partial charge >= 0.3 is 0 Å². The number of ether oxygens (including phenoxy) is 2. The van der Waals surface area contributed by atoms with Gasteiger partial charge in [-0.15, -0.1) is 0 Å². The van der Waals surface area contributed by atoms with E-state index in [4.69, 9.17) is 9.47 Å². The van der Waals surface area contributed by atoms with Crippen molar-refractivity contribution in [2.75, 3.05) is 19.8 Å². The van der Waals surface area contributed by atoms with Crippen molar-refractivity contribution in [2.24, 2.45) is 11.8 Å². The normalized spacial score (nSPS) is 27.2. The average molecular weight is 214 g/mol. The van der Waals surface area contributed by atoms with Crippen LogP contribution in [0, 0.1) is 11.8 Å². The molecule has 0 bridgehead atoms. The molecule has 2 nitrogen and oxygen atoms in total. The second kappa shape index (κ2) is 7.24. The first-order valence-electron chi connectivity index (χ1n) is 6.43. The topological polar surface area (TPSA) is 18.5 Å². The minimum atomic E-state index is 0.361. The van der Waals surface area contributed by atoms with Gasteiger partial charge in [-0.1, -0.05) is 12.8 Å². The summed E-state index contributed by atoms with van der Waals surface area (Å²) in [6.07, 6.45) is 5.75. The fourth-order valence-electron chi connectivity index (χ4n) is 2.31. The summed E-state index contributed by atoms with van der Waals surface area (Å²) >= 11 is 0. The number of hydrogen-bond donors (Lipinski definition) is 0. The molecule has 0 aromatic carbocycles. The van der Waals surface area contributed by atoms with Crippen molar-refractivity contribution in [3.63, 3.8) is 0 Å². The highest BCUT2D eigenvalue weighted by atomic mass is 16.5. The molecule has 0 saturated heterocycles. The van der Waals surface area contributed by atoms with Crippen molar-refractivity contribution in [3.05, 3.63) is 0 Å². The molecule has 0 amide bonds. The molecule has 1 aliphatic rings. The first-order valence-corrected chi connectivity index (χ1v) is 6.43. The van der Waals surface area contributed by atoms with Gasteiger partial charge in [-0.25, -0.2) is 0 Å². The highest BCUT2D eigenvalue weighted by molar-refractivity contribution is 4.75. The first-order chi connectivity index (χ1) is 7.24. The van der Waals surface area contributed by atoms with Crippen molar-refractivity contribution < 1.29 is 9.47 Å². The van der Waals surface area contributed by atoms with Crippen LogP contribution in [0.2, 0.25) is 0 Å². The zero-order valence-corrected chi connectivity index (χ0v) is 10.5. The molecule has 0 radical (unpaired) electrons. The molecule has 0 aromatic heterocycles. The molecule has 1 rings (SSSR count). The van der Waals surface area contributed by atoms with Crippen LogP contribution < -0.4 is 0 Å². The zero-order chi connectivity index (χ0) is 11.1. The summed E-state index contributed by atoms with van der Waals surface area (Å²) < 4.78 is 11.3. The lowest BCUT2D eigenvalue weighted by Gasteiger charge is -2.31. The molecule has 2 heteroatoms. The number of rotatable bonds is 6. The van der Waals surface area contributed by atoms with Gasteiger partial charge < -0.3 is 9.47 Å². The van der Waals surface area contributed by atoms with Gasteiger partial charge in [-0.05, 0) is 45.4 Å². The molecule has 15 heavy (non-hydrogen) atoms. The van der Waals surface area contributed by atoms with E-state index in [1.54, 1.807) is 0 Å². The molecule has 0 heterocycles. The van der Waals surface area contributed by atoms with Crippen LogP contribution in [0.1, 0.15) is 46.5 Å². The Morgan fingerprint density at radius 3 is 2.20 bits per heavy atom. The zero-order valence-electron chi connectivity index (χ0n) is 10.5. The predicted molar refractivity (Wildman–Crippen MR) is 63.0 cm³/mol. The van der Waals surface area contributed by atoms with E-state index >= 15 is 0 Å². The van der Waals surface area contributed by atoms with Crippen molar-refractivity contribution >= 4 is 0 Å². The summed E-state index contributed by atoms with van der Waals surface area (Å²) in [4.78, 5) is 0. The Hall–Kier alpha value is -0.0800. The molecule has 0 aromatic rings. The van der Waals surface area contributed by atoms with Crippen LogP contribution in [0.15, 0.2) is 0 Å². The Balaban J connectivity index is 2.29. The minimum absolute atomic E-state index is 0.361. The van der Waals surface area contributed by atoms with Crippen LogP contribution in [0.4, 0.5) is 0 Å². The van der Waals surface area contributed by atoms with E-state index in [2.05, 4.69) is 20.8 Å². The second-order valence-electron chi connectivity index (χ2n) is 4.85. The molecule has 0 spiro atoms. The molecular weight excluding hydrogens is 188 g/mol. The lowest BCUT2D eigenvalue weighted by Crippen LogP contribution is -2.28. The van der Waals surface area contributed by atoms with Crippen molar-refractivity contribution in [3.8, 4) is 0 Å². The maximum absolute atomic E-state index is 5.74. The average Bonchev–Trinajstić information content (AvgIpc) is 2.24. The van der Waals surface area contributed by atoms with E-state index in [-0.39, 0.29) is 0 Å². The van der Waals surface area contributed by atoms with Crippen LogP contribution in [0.25, 0.3) is 0 Å². The standard InChI is InChI=1S/C13H26O2/c1-4-14-9-12-7-5-6-8-13(12)10-15-11(2)3/h11-13H,4-10H2,1-3H3. The third-order valence-electron chi connectivity index (χ3n) is 3.25. The molecule has 90 valence electrons. The Morgan fingerprint density at radius 1 is 1.07 bits per heavy atom. The first kappa shape index (κ1) is 13.0. The fraction of sp³-hybridized carbons (Fsp3) is 1.00. The molecule has 0 aliphatic heterocycles. The van der Waals surface area contributed by atoms with Crippen LogP contribution in [0.5, 0.6) is 0 Å². The molecule has 2 unspecified atom stereocenters. The summed E-state index contributed by atoms with van der Waals surface area (Å²) in [7, 11) is 0. The van der Waals surface area contributed by atoms with Gasteiger partial charge in [0.2, 0.25) is 0 Å². The lowest BCUT2D eigenvalue weighted by atomic mass is 9.80. The Bertz CT molecular complexity index is 157. The highest BCUT2D eigenvalue weighted by Crippen LogP contribution is 2.30. The highest BCUT2D eigenvalue weighted by Gasteiger charge is 2.25. The van der Waals surface area contributed by atoms with E-state index in [1.807, 2.05) is 0 Å². The molecular formula is C13H26O2. The fourth-order valence-corrected chi connectivity index (χ4v) is 2.31. The monoisotopic (exact) mass is 214 g/mol. The molecule has 1 aliphatic carbocycles. The van der Waals surface area contributed by atoms with Crippen LogP contribution in [0.3, 0.4) is 0 Å². The molecule has 0 N–H and O–H groups in total. The third-order valence-corrected chi connectivity index (χ3v) is 3.25. The Labute approximate surface area is 94.3 Å². The van der Waals surface area contributed by atoms with Crippen molar-refractivity contribution in [1.29, 1.82) is 0 Å². The van der Waals surface area contributed by atoms with Gasteiger partial charge in [0, 0.05) is 13.2 Å². The van der Waals surface area contributed by atoms with E-state index < -0.39 is 0 Å². The third kappa shape index (κ3) is 4.98. The van der Waals surface area contributed by atoms with E-state index in [9.17, 15) is 0 Å². The predicted octanol–water partition coefficient (Wildman–Crippen LogP) is 3.25. The van der Waals surface area contributed by atoms with E-state index in [0.717, 1.165) is 31.7 Å². The van der Waals surface area contributed by atoms with E-state index in [0.29, 0.717) is 6.10 Å². The van der Waals surface area contributed by atoms with E-state index in [1.165, 1.54) is 25.7 Å².